The molecule has 4 heteroatoms. The molecule has 0 aromatic heterocycles. The predicted octanol–water partition coefficient (Wildman–Crippen LogP) is 1.20. The van der Waals surface area contributed by atoms with Gasteiger partial charge in [0.25, 0.3) is 0 Å². The van der Waals surface area contributed by atoms with Crippen molar-refractivity contribution in [3.05, 3.63) is 29.8 Å². The van der Waals surface area contributed by atoms with Crippen LogP contribution in [0.15, 0.2) is 24.3 Å². The van der Waals surface area contributed by atoms with Crippen LogP contribution in [0, 0.1) is 0 Å². The summed E-state index contributed by atoms with van der Waals surface area (Å²) in [7, 11) is 3.10. The zero-order valence-corrected chi connectivity index (χ0v) is 8.69. The first kappa shape index (κ1) is 11.1. The zero-order chi connectivity index (χ0) is 11.3. The molecule has 0 aliphatic heterocycles. The van der Waals surface area contributed by atoms with Crippen molar-refractivity contribution in [2.24, 2.45) is 5.73 Å². The van der Waals surface area contributed by atoms with Crippen LogP contribution in [-0.2, 0) is 4.79 Å². The number of carbonyl (C=O) groups excluding carboxylic acids is 1. The molecule has 0 unspecified atom stereocenters. The first-order valence-electron chi connectivity index (χ1n) is 4.37. The highest BCUT2D eigenvalue weighted by Crippen LogP contribution is 2.29. The lowest BCUT2D eigenvalue weighted by Gasteiger charge is -2.09. The summed E-state index contributed by atoms with van der Waals surface area (Å²) in [5.74, 6) is 0.752. The van der Waals surface area contributed by atoms with Crippen LogP contribution in [0.4, 0.5) is 0 Å². The topological polar surface area (TPSA) is 61.6 Å². The van der Waals surface area contributed by atoms with Gasteiger partial charge in [-0.2, -0.15) is 0 Å². The van der Waals surface area contributed by atoms with Crippen molar-refractivity contribution < 1.29 is 14.3 Å². The largest absolute Gasteiger partial charge is 0.496 e. The molecule has 0 atom stereocenters. The Bertz CT molecular complexity index is 363. The van der Waals surface area contributed by atoms with Crippen molar-refractivity contribution in [3.63, 3.8) is 0 Å². The monoisotopic (exact) mass is 207 g/mol. The van der Waals surface area contributed by atoms with Crippen molar-refractivity contribution in [1.82, 2.24) is 0 Å². The van der Waals surface area contributed by atoms with Gasteiger partial charge in [-0.05, 0) is 18.2 Å². The molecule has 0 bridgehead atoms. The fraction of sp³-hybridized carbons (Fsp3) is 0.182. The minimum absolute atomic E-state index is 0.511. The number of nitrogens with two attached hydrogens (primary N) is 1. The lowest BCUT2D eigenvalue weighted by atomic mass is 10.1. The minimum atomic E-state index is -0.511. The van der Waals surface area contributed by atoms with Crippen molar-refractivity contribution in [3.8, 4) is 11.5 Å². The van der Waals surface area contributed by atoms with Crippen LogP contribution in [0.25, 0.3) is 6.08 Å². The smallest absolute Gasteiger partial charge is 0.241 e. The number of amides is 1. The number of primary amides is 1. The molecule has 0 fully saturated rings. The molecule has 1 rings (SSSR count). The Balaban J connectivity index is 3.16. The van der Waals surface area contributed by atoms with E-state index in [2.05, 4.69) is 0 Å². The molecule has 80 valence electrons. The third-order valence-electron chi connectivity index (χ3n) is 1.88. The van der Waals surface area contributed by atoms with Gasteiger partial charge in [0.15, 0.2) is 0 Å². The van der Waals surface area contributed by atoms with Crippen molar-refractivity contribution in [1.29, 1.82) is 0 Å². The van der Waals surface area contributed by atoms with Gasteiger partial charge in [-0.1, -0.05) is 6.07 Å². The number of hydrogen-bond acceptors (Lipinski definition) is 3. The van der Waals surface area contributed by atoms with Gasteiger partial charge in [-0.15, -0.1) is 0 Å². The summed E-state index contributed by atoms with van der Waals surface area (Å²) in [6.07, 6.45) is 2.83. The Hall–Kier alpha value is -1.97. The fourth-order valence-electron chi connectivity index (χ4n) is 1.21. The van der Waals surface area contributed by atoms with E-state index < -0.39 is 5.91 Å². The average molecular weight is 207 g/mol. The van der Waals surface area contributed by atoms with Crippen LogP contribution in [0.5, 0.6) is 11.5 Å². The summed E-state index contributed by atoms with van der Waals surface area (Å²) in [6, 6.07) is 5.37. The number of benzene rings is 1. The third-order valence-corrected chi connectivity index (χ3v) is 1.88. The quantitative estimate of drug-likeness (QED) is 0.754. The van der Waals surface area contributed by atoms with Crippen LogP contribution in [0.2, 0.25) is 0 Å². The maximum atomic E-state index is 10.6. The molecule has 0 heterocycles. The van der Waals surface area contributed by atoms with Gasteiger partial charge in [0.1, 0.15) is 11.5 Å². The van der Waals surface area contributed by atoms with Gasteiger partial charge in [0.05, 0.1) is 19.8 Å². The molecular weight excluding hydrogens is 194 g/mol. The predicted molar refractivity (Wildman–Crippen MR) is 57.8 cm³/mol. The Labute approximate surface area is 88.3 Å². The highest BCUT2D eigenvalue weighted by atomic mass is 16.5. The van der Waals surface area contributed by atoms with E-state index in [-0.39, 0.29) is 0 Å². The lowest BCUT2D eigenvalue weighted by molar-refractivity contribution is -0.113. The number of hydrogen-bond donors (Lipinski definition) is 1. The van der Waals surface area contributed by atoms with E-state index in [9.17, 15) is 4.79 Å². The molecule has 0 aliphatic carbocycles. The molecule has 15 heavy (non-hydrogen) atoms. The van der Waals surface area contributed by atoms with E-state index in [1.807, 2.05) is 0 Å². The van der Waals surface area contributed by atoms with Crippen LogP contribution < -0.4 is 15.2 Å². The second kappa shape index (κ2) is 5.05. The first-order chi connectivity index (χ1) is 7.19. The van der Waals surface area contributed by atoms with Gasteiger partial charge < -0.3 is 15.2 Å². The summed E-state index contributed by atoms with van der Waals surface area (Å²) in [4.78, 5) is 10.6. The first-order valence-corrected chi connectivity index (χ1v) is 4.37. The Morgan fingerprint density at radius 3 is 2.20 bits per heavy atom. The molecule has 0 saturated heterocycles. The van der Waals surface area contributed by atoms with Gasteiger partial charge in [0.2, 0.25) is 5.91 Å². The molecule has 0 spiro atoms. The summed E-state index contributed by atoms with van der Waals surface area (Å²) >= 11 is 0. The van der Waals surface area contributed by atoms with E-state index in [0.29, 0.717) is 17.1 Å². The molecule has 0 aliphatic rings. The highest BCUT2D eigenvalue weighted by Gasteiger charge is 2.05. The van der Waals surface area contributed by atoms with E-state index in [0.717, 1.165) is 0 Å². The maximum Gasteiger partial charge on any atom is 0.241 e. The van der Waals surface area contributed by atoms with E-state index >= 15 is 0 Å². The van der Waals surface area contributed by atoms with Crippen LogP contribution in [0.1, 0.15) is 5.56 Å². The number of rotatable bonds is 4. The van der Waals surface area contributed by atoms with Crippen molar-refractivity contribution in [2.75, 3.05) is 14.2 Å². The van der Waals surface area contributed by atoms with Crippen LogP contribution >= 0.6 is 0 Å². The van der Waals surface area contributed by atoms with E-state index in [1.165, 1.54) is 6.08 Å². The Kier molecular flexibility index (Phi) is 3.74. The molecule has 4 nitrogen and oxygen atoms in total. The SMILES string of the molecule is COc1cccc(OC)c1/C=C/C(N)=O. The molecule has 1 aromatic carbocycles. The second-order valence-electron chi connectivity index (χ2n) is 2.81. The Morgan fingerprint density at radius 2 is 1.80 bits per heavy atom. The molecule has 1 amide bonds. The maximum absolute atomic E-state index is 10.6. The van der Waals surface area contributed by atoms with E-state index in [4.69, 9.17) is 15.2 Å². The van der Waals surface area contributed by atoms with Gasteiger partial charge >= 0.3 is 0 Å². The fourth-order valence-corrected chi connectivity index (χ4v) is 1.21. The summed E-state index contributed by atoms with van der Waals surface area (Å²) in [5.41, 5.74) is 5.71. The minimum Gasteiger partial charge on any atom is -0.496 e. The Morgan fingerprint density at radius 1 is 1.27 bits per heavy atom. The highest BCUT2D eigenvalue weighted by molar-refractivity contribution is 5.91. The van der Waals surface area contributed by atoms with Gasteiger partial charge in [0, 0.05) is 6.08 Å². The van der Waals surface area contributed by atoms with Crippen molar-refractivity contribution in [2.45, 2.75) is 0 Å². The normalized spacial score (nSPS) is 10.3. The lowest BCUT2D eigenvalue weighted by Crippen LogP contribution is -2.05. The summed E-state index contributed by atoms with van der Waals surface area (Å²) in [6.45, 7) is 0. The number of carbonyl (C=O) groups is 1. The summed E-state index contributed by atoms with van der Waals surface area (Å²) < 4.78 is 10.3. The summed E-state index contributed by atoms with van der Waals surface area (Å²) in [5, 5.41) is 0. The molecule has 2 N–H and O–H groups in total. The van der Waals surface area contributed by atoms with Crippen molar-refractivity contribution >= 4 is 12.0 Å². The third kappa shape index (κ3) is 2.74. The average Bonchev–Trinajstić information content (AvgIpc) is 2.25. The number of methoxy groups -OCH3 is 2. The standard InChI is InChI=1S/C11H13NO3/c1-14-9-4-3-5-10(15-2)8(9)6-7-11(12)13/h3-7H,1-2H3,(H2,12,13)/b7-6+. The van der Waals surface area contributed by atoms with Crippen LogP contribution in [-0.4, -0.2) is 20.1 Å². The van der Waals surface area contributed by atoms with Crippen LogP contribution in [0.3, 0.4) is 0 Å². The molecular formula is C11H13NO3. The zero-order valence-electron chi connectivity index (χ0n) is 8.69. The van der Waals surface area contributed by atoms with E-state index in [1.54, 1.807) is 38.5 Å². The molecule has 0 saturated carbocycles. The van der Waals surface area contributed by atoms with Gasteiger partial charge in [-0.3, -0.25) is 4.79 Å². The number of ether oxygens (including phenoxy) is 2. The van der Waals surface area contributed by atoms with Gasteiger partial charge in [-0.25, -0.2) is 0 Å². The molecule has 0 radical (unpaired) electrons. The second-order valence-corrected chi connectivity index (χ2v) is 2.81. The molecule has 1 aromatic rings.